The van der Waals surface area contributed by atoms with E-state index in [4.69, 9.17) is 9.47 Å². The molecule has 40 heavy (non-hydrogen) atoms. The average Bonchev–Trinajstić information content (AvgIpc) is 3.10. The number of fused-ring (bicyclic) bond motifs is 1. The van der Waals surface area contributed by atoms with Crippen molar-refractivity contribution in [2.24, 2.45) is 0 Å². The summed E-state index contributed by atoms with van der Waals surface area (Å²) < 4.78 is 11.4. The second-order valence-electron chi connectivity index (χ2n) is 11.6. The molecule has 3 saturated heterocycles. The molecule has 0 aliphatic carbocycles. The highest BCUT2D eigenvalue weighted by Crippen LogP contribution is 2.28. The van der Waals surface area contributed by atoms with Gasteiger partial charge in [0.05, 0.1) is 17.2 Å². The molecule has 1 N–H and O–H groups in total. The van der Waals surface area contributed by atoms with Gasteiger partial charge in [0.2, 0.25) is 11.8 Å². The summed E-state index contributed by atoms with van der Waals surface area (Å²) in [7, 11) is 0. The van der Waals surface area contributed by atoms with E-state index < -0.39 is 35.3 Å². The number of imide groups is 2. The molecule has 1 atom stereocenters. The molecule has 11 nitrogen and oxygen atoms in total. The molecule has 0 bridgehead atoms. The average molecular weight is 551 g/mol. The van der Waals surface area contributed by atoms with E-state index in [9.17, 15) is 24.0 Å². The summed E-state index contributed by atoms with van der Waals surface area (Å²) in [5.74, 6) is 3.85. The van der Waals surface area contributed by atoms with Gasteiger partial charge in [-0.15, -0.1) is 0 Å². The Bertz CT molecular complexity index is 1290. The maximum Gasteiger partial charge on any atom is 0.410 e. The molecule has 5 rings (SSSR count). The van der Waals surface area contributed by atoms with Crippen molar-refractivity contribution in [3.05, 3.63) is 34.9 Å². The van der Waals surface area contributed by atoms with E-state index in [2.05, 4.69) is 22.1 Å². The van der Waals surface area contributed by atoms with Crippen molar-refractivity contribution in [3.8, 4) is 11.8 Å². The quantitative estimate of drug-likeness (QED) is 0.442. The number of nitrogens with zero attached hydrogens (tertiary/aromatic N) is 3. The zero-order chi connectivity index (χ0) is 28.6. The Balaban J connectivity index is 1.07. The highest BCUT2D eigenvalue weighted by molar-refractivity contribution is 6.23. The molecule has 4 aliphatic rings. The molecule has 1 unspecified atom stereocenters. The standard InChI is InChI=1S/C29H34N4O7/c1-29(2,3)40-28(38)32-16-19(17-32)31-12-10-20(11-13-31)39-14-4-5-18-6-7-21-22(15-18)27(37)33(26(21)36)23-8-9-24(34)30-25(23)35/h6-7,15,19-20,23H,8-14,16-17H2,1-3H3,(H,30,34,35). The minimum Gasteiger partial charge on any atom is -0.444 e. The summed E-state index contributed by atoms with van der Waals surface area (Å²) in [6.45, 7) is 9.01. The summed E-state index contributed by atoms with van der Waals surface area (Å²) in [5.41, 5.74) is 0.513. The fraction of sp³-hybridized carbons (Fsp3) is 0.552. The van der Waals surface area contributed by atoms with Crippen LogP contribution in [0.25, 0.3) is 0 Å². The number of hydrogen-bond acceptors (Lipinski definition) is 8. The lowest BCUT2D eigenvalue weighted by atomic mass is 10.0. The number of rotatable bonds is 4. The van der Waals surface area contributed by atoms with Gasteiger partial charge in [-0.3, -0.25) is 34.3 Å². The van der Waals surface area contributed by atoms with E-state index in [1.807, 2.05) is 20.8 Å². The maximum atomic E-state index is 13.0. The van der Waals surface area contributed by atoms with E-state index in [0.717, 1.165) is 30.8 Å². The van der Waals surface area contributed by atoms with E-state index in [-0.39, 0.29) is 42.8 Å². The molecule has 11 heteroatoms. The van der Waals surface area contributed by atoms with E-state index in [1.54, 1.807) is 23.1 Å². The van der Waals surface area contributed by atoms with Crippen LogP contribution in [0.4, 0.5) is 4.79 Å². The minimum atomic E-state index is -0.993. The zero-order valence-electron chi connectivity index (χ0n) is 23.0. The summed E-state index contributed by atoms with van der Waals surface area (Å²) in [5, 5.41) is 2.19. The highest BCUT2D eigenvalue weighted by Gasteiger charge is 2.44. The molecule has 5 amide bonds. The van der Waals surface area contributed by atoms with Gasteiger partial charge in [-0.05, 0) is 58.2 Å². The first-order valence-electron chi connectivity index (χ1n) is 13.7. The van der Waals surface area contributed by atoms with E-state index in [1.165, 1.54) is 0 Å². The second-order valence-corrected chi connectivity index (χ2v) is 11.6. The Hall–Kier alpha value is -3.75. The molecule has 0 radical (unpaired) electrons. The van der Waals surface area contributed by atoms with Gasteiger partial charge in [0.15, 0.2) is 0 Å². The van der Waals surface area contributed by atoms with Crippen LogP contribution in [0.2, 0.25) is 0 Å². The van der Waals surface area contributed by atoms with E-state index >= 15 is 0 Å². The van der Waals surface area contributed by atoms with Crippen LogP contribution < -0.4 is 5.32 Å². The molecule has 4 aliphatic heterocycles. The number of amides is 5. The Morgan fingerprint density at radius 1 is 1.02 bits per heavy atom. The Morgan fingerprint density at radius 3 is 2.40 bits per heavy atom. The van der Waals surface area contributed by atoms with Crippen LogP contribution in [0.1, 0.15) is 72.7 Å². The molecule has 3 fully saturated rings. The Labute approximate surface area is 233 Å². The maximum absolute atomic E-state index is 13.0. The van der Waals surface area contributed by atoms with Gasteiger partial charge in [0.1, 0.15) is 18.2 Å². The van der Waals surface area contributed by atoms with Crippen LogP contribution in [0.15, 0.2) is 18.2 Å². The van der Waals surface area contributed by atoms with Gasteiger partial charge < -0.3 is 14.4 Å². The van der Waals surface area contributed by atoms with Crippen molar-refractivity contribution < 1.29 is 33.4 Å². The van der Waals surface area contributed by atoms with Crippen LogP contribution >= 0.6 is 0 Å². The van der Waals surface area contributed by atoms with Crippen molar-refractivity contribution in [2.75, 3.05) is 32.8 Å². The first-order valence-corrected chi connectivity index (χ1v) is 13.7. The number of piperidine rings is 2. The lowest BCUT2D eigenvalue weighted by Crippen LogP contribution is -2.63. The molecule has 0 saturated carbocycles. The Morgan fingerprint density at radius 2 is 1.73 bits per heavy atom. The van der Waals surface area contributed by atoms with Crippen LogP contribution in [0.5, 0.6) is 0 Å². The summed E-state index contributed by atoms with van der Waals surface area (Å²) in [6.07, 6.45) is 1.81. The van der Waals surface area contributed by atoms with Crippen molar-refractivity contribution in [2.45, 2.75) is 70.2 Å². The largest absolute Gasteiger partial charge is 0.444 e. The molecule has 0 spiro atoms. The first kappa shape index (κ1) is 27.8. The zero-order valence-corrected chi connectivity index (χ0v) is 23.0. The summed E-state index contributed by atoms with van der Waals surface area (Å²) >= 11 is 0. The normalized spacial score (nSPS) is 22.4. The third-order valence-corrected chi connectivity index (χ3v) is 7.57. The van der Waals surface area contributed by atoms with Crippen molar-refractivity contribution in [1.82, 2.24) is 20.0 Å². The highest BCUT2D eigenvalue weighted by atomic mass is 16.6. The SMILES string of the molecule is CC(C)(C)OC(=O)N1CC(N2CCC(OCC#Cc3ccc4c(c3)C(=O)N(C3CCC(=O)NC3=O)C4=O)CC2)C1. The van der Waals surface area contributed by atoms with Crippen LogP contribution in [-0.2, 0) is 19.1 Å². The fourth-order valence-corrected chi connectivity index (χ4v) is 5.42. The molecular weight excluding hydrogens is 516 g/mol. The van der Waals surface area contributed by atoms with Crippen LogP contribution in [-0.4, -0.2) is 101 Å². The number of ether oxygens (including phenoxy) is 2. The van der Waals surface area contributed by atoms with Gasteiger partial charge in [-0.2, -0.15) is 0 Å². The lowest BCUT2D eigenvalue weighted by molar-refractivity contribution is -0.136. The summed E-state index contributed by atoms with van der Waals surface area (Å²) in [4.78, 5) is 66.7. The Kier molecular flexibility index (Phi) is 7.66. The van der Waals surface area contributed by atoms with Crippen molar-refractivity contribution >= 4 is 29.7 Å². The number of carbonyl (C=O) groups is 5. The van der Waals surface area contributed by atoms with Gasteiger partial charge in [-0.1, -0.05) is 11.8 Å². The predicted molar refractivity (Wildman–Crippen MR) is 142 cm³/mol. The number of likely N-dealkylation sites (tertiary alicyclic amines) is 2. The minimum absolute atomic E-state index is 0.0762. The van der Waals surface area contributed by atoms with Gasteiger partial charge in [0, 0.05) is 44.2 Å². The summed E-state index contributed by atoms with van der Waals surface area (Å²) in [6, 6.07) is 4.14. The van der Waals surface area contributed by atoms with Crippen molar-refractivity contribution in [1.29, 1.82) is 0 Å². The number of nitrogens with one attached hydrogen (secondary N) is 1. The third-order valence-electron chi connectivity index (χ3n) is 7.57. The van der Waals surface area contributed by atoms with Gasteiger partial charge in [0.25, 0.3) is 11.8 Å². The number of hydrogen-bond donors (Lipinski definition) is 1. The third kappa shape index (κ3) is 5.88. The van der Waals surface area contributed by atoms with Crippen LogP contribution in [0, 0.1) is 11.8 Å². The van der Waals surface area contributed by atoms with Crippen LogP contribution in [0.3, 0.4) is 0 Å². The molecule has 1 aromatic carbocycles. The molecule has 4 heterocycles. The van der Waals surface area contributed by atoms with Gasteiger partial charge in [-0.25, -0.2) is 4.79 Å². The monoisotopic (exact) mass is 550 g/mol. The predicted octanol–water partition coefficient (Wildman–Crippen LogP) is 1.54. The number of benzene rings is 1. The second kappa shape index (κ2) is 11.0. The van der Waals surface area contributed by atoms with E-state index in [0.29, 0.717) is 24.7 Å². The smallest absolute Gasteiger partial charge is 0.410 e. The molecule has 0 aromatic heterocycles. The van der Waals surface area contributed by atoms with Crippen molar-refractivity contribution in [3.63, 3.8) is 0 Å². The lowest BCUT2D eigenvalue weighted by Gasteiger charge is -2.47. The molecular formula is C29H34N4O7. The number of carbonyl (C=O) groups excluding carboxylic acids is 5. The van der Waals surface area contributed by atoms with Gasteiger partial charge >= 0.3 is 6.09 Å². The first-order chi connectivity index (χ1) is 19.0. The molecule has 212 valence electrons. The molecule has 1 aromatic rings. The fourth-order valence-electron chi connectivity index (χ4n) is 5.42. The topological polar surface area (TPSA) is 126 Å².